The van der Waals surface area contributed by atoms with Crippen molar-refractivity contribution < 1.29 is 13.2 Å². The van der Waals surface area contributed by atoms with Crippen LogP contribution < -0.4 is 5.32 Å². The molecule has 1 saturated heterocycles. The fourth-order valence-corrected chi connectivity index (χ4v) is 4.75. The molecule has 0 radical (unpaired) electrons. The number of halogens is 1. The van der Waals surface area contributed by atoms with Gasteiger partial charge < -0.3 is 5.32 Å². The standard InChI is InChI=1S/C18H20N2O3S.ClH/c1-14-13-19-11-12-20(14)24(22,23)17-10-6-5-9-16(17)18(21)15-7-3-2-4-8-15;/h2-10,14,19H,11-13H2,1H3;1H. The first-order valence-electron chi connectivity index (χ1n) is 7.93. The Morgan fingerprint density at radius 1 is 1.08 bits per heavy atom. The normalized spacial score (nSPS) is 18.4. The van der Waals surface area contributed by atoms with Gasteiger partial charge in [0.1, 0.15) is 0 Å². The first-order valence-corrected chi connectivity index (χ1v) is 9.37. The Balaban J connectivity index is 0.00000225. The lowest BCUT2D eigenvalue weighted by Crippen LogP contribution is -2.52. The van der Waals surface area contributed by atoms with E-state index in [2.05, 4.69) is 5.32 Å². The molecule has 1 heterocycles. The lowest BCUT2D eigenvalue weighted by atomic mass is 10.0. The Kier molecular flexibility index (Phi) is 6.35. The van der Waals surface area contributed by atoms with E-state index in [0.29, 0.717) is 25.2 Å². The van der Waals surface area contributed by atoms with Crippen molar-refractivity contribution in [3.05, 3.63) is 65.7 Å². The second-order valence-electron chi connectivity index (χ2n) is 5.86. The average Bonchev–Trinajstić information content (AvgIpc) is 2.62. The number of nitrogens with zero attached hydrogens (tertiary/aromatic N) is 1. The van der Waals surface area contributed by atoms with E-state index in [0.717, 1.165) is 0 Å². The lowest BCUT2D eigenvalue weighted by molar-refractivity contribution is 0.103. The third-order valence-electron chi connectivity index (χ3n) is 4.19. The highest BCUT2D eigenvalue weighted by atomic mass is 35.5. The first-order chi connectivity index (χ1) is 11.5. The molecule has 0 amide bonds. The van der Waals surface area contributed by atoms with Gasteiger partial charge in [0.25, 0.3) is 0 Å². The van der Waals surface area contributed by atoms with Crippen molar-refractivity contribution >= 4 is 28.2 Å². The van der Waals surface area contributed by atoms with Crippen LogP contribution >= 0.6 is 12.4 Å². The Hall–Kier alpha value is -1.73. The number of nitrogens with one attached hydrogen (secondary N) is 1. The largest absolute Gasteiger partial charge is 0.314 e. The fourth-order valence-electron chi connectivity index (χ4n) is 2.93. The van der Waals surface area contributed by atoms with E-state index >= 15 is 0 Å². The van der Waals surface area contributed by atoms with E-state index in [-0.39, 0.29) is 34.7 Å². The van der Waals surface area contributed by atoms with Gasteiger partial charge in [0.2, 0.25) is 10.0 Å². The Morgan fingerprint density at radius 2 is 1.72 bits per heavy atom. The van der Waals surface area contributed by atoms with Gasteiger partial charge in [0.05, 0.1) is 4.90 Å². The van der Waals surface area contributed by atoms with E-state index in [1.165, 1.54) is 10.4 Å². The summed E-state index contributed by atoms with van der Waals surface area (Å²) in [5.41, 5.74) is 0.697. The highest BCUT2D eigenvalue weighted by Crippen LogP contribution is 2.24. The van der Waals surface area contributed by atoms with E-state index in [4.69, 9.17) is 0 Å². The SMILES string of the molecule is CC1CNCCN1S(=O)(=O)c1ccccc1C(=O)c1ccccc1.Cl. The van der Waals surface area contributed by atoms with Gasteiger partial charge >= 0.3 is 0 Å². The molecule has 5 nitrogen and oxygen atoms in total. The van der Waals surface area contributed by atoms with Gasteiger partial charge in [0, 0.05) is 36.8 Å². The number of hydrogen-bond acceptors (Lipinski definition) is 4. The van der Waals surface area contributed by atoms with Crippen LogP contribution in [-0.4, -0.2) is 44.2 Å². The van der Waals surface area contributed by atoms with Gasteiger partial charge in [-0.05, 0) is 19.1 Å². The van der Waals surface area contributed by atoms with Crippen molar-refractivity contribution in [3.8, 4) is 0 Å². The minimum atomic E-state index is -3.72. The summed E-state index contributed by atoms with van der Waals surface area (Å²) in [5.74, 6) is -0.280. The number of benzene rings is 2. The Morgan fingerprint density at radius 3 is 2.40 bits per heavy atom. The number of sulfonamides is 1. The molecule has 0 aromatic heterocycles. The third kappa shape index (κ3) is 3.93. The summed E-state index contributed by atoms with van der Waals surface area (Å²) in [6.07, 6.45) is 0. The van der Waals surface area contributed by atoms with Gasteiger partial charge in [-0.3, -0.25) is 4.79 Å². The minimum Gasteiger partial charge on any atom is -0.314 e. The Labute approximate surface area is 154 Å². The zero-order valence-corrected chi connectivity index (χ0v) is 15.5. The molecule has 1 aliphatic heterocycles. The van der Waals surface area contributed by atoms with Crippen LogP contribution in [0.1, 0.15) is 22.8 Å². The molecule has 0 aliphatic carbocycles. The first kappa shape index (κ1) is 19.6. The van der Waals surface area contributed by atoms with E-state index in [9.17, 15) is 13.2 Å². The summed E-state index contributed by atoms with van der Waals surface area (Å²) in [5, 5.41) is 3.18. The number of rotatable bonds is 4. The number of piperazine rings is 1. The third-order valence-corrected chi connectivity index (χ3v) is 6.27. The topological polar surface area (TPSA) is 66.5 Å². The van der Waals surface area contributed by atoms with Crippen molar-refractivity contribution in [2.45, 2.75) is 17.9 Å². The van der Waals surface area contributed by atoms with E-state index in [1.807, 2.05) is 13.0 Å². The molecule has 25 heavy (non-hydrogen) atoms. The molecule has 0 bridgehead atoms. The fraction of sp³-hybridized carbons (Fsp3) is 0.278. The molecule has 1 N–H and O–H groups in total. The Bertz CT molecular complexity index is 840. The molecule has 1 aliphatic rings. The second kappa shape index (κ2) is 8.10. The quantitative estimate of drug-likeness (QED) is 0.826. The monoisotopic (exact) mass is 380 g/mol. The predicted octanol–water partition coefficient (Wildman–Crippen LogP) is 2.32. The number of carbonyl (C=O) groups excluding carboxylic acids is 1. The van der Waals surface area contributed by atoms with Crippen LogP contribution in [-0.2, 0) is 10.0 Å². The highest BCUT2D eigenvalue weighted by Gasteiger charge is 2.33. The number of ketones is 1. The van der Waals surface area contributed by atoms with E-state index < -0.39 is 10.0 Å². The molecule has 2 aromatic rings. The van der Waals surface area contributed by atoms with Crippen LogP contribution in [0.15, 0.2) is 59.5 Å². The summed E-state index contributed by atoms with van der Waals surface area (Å²) in [4.78, 5) is 12.9. The van der Waals surface area contributed by atoms with Crippen LogP contribution in [0.3, 0.4) is 0 Å². The van der Waals surface area contributed by atoms with Gasteiger partial charge in [-0.1, -0.05) is 42.5 Å². The smallest absolute Gasteiger partial charge is 0.244 e. The van der Waals surface area contributed by atoms with Crippen LogP contribution in [0, 0.1) is 0 Å². The van der Waals surface area contributed by atoms with Crippen LogP contribution in [0.5, 0.6) is 0 Å². The minimum absolute atomic E-state index is 0. The van der Waals surface area contributed by atoms with Crippen LogP contribution in [0.25, 0.3) is 0 Å². The maximum atomic E-state index is 13.1. The van der Waals surface area contributed by atoms with Crippen LogP contribution in [0.4, 0.5) is 0 Å². The number of hydrogen-bond donors (Lipinski definition) is 1. The summed E-state index contributed by atoms with van der Waals surface area (Å²) in [7, 11) is -3.72. The molecule has 134 valence electrons. The average molecular weight is 381 g/mol. The zero-order chi connectivity index (χ0) is 17.2. The van der Waals surface area contributed by atoms with Crippen molar-refractivity contribution in [2.75, 3.05) is 19.6 Å². The maximum Gasteiger partial charge on any atom is 0.244 e. The van der Waals surface area contributed by atoms with Gasteiger partial charge in [-0.2, -0.15) is 4.31 Å². The second-order valence-corrected chi connectivity index (χ2v) is 7.72. The molecular weight excluding hydrogens is 360 g/mol. The zero-order valence-electron chi connectivity index (χ0n) is 13.9. The summed E-state index contributed by atoms with van der Waals surface area (Å²) in [6.45, 7) is 3.48. The van der Waals surface area contributed by atoms with Crippen molar-refractivity contribution in [1.29, 1.82) is 0 Å². The van der Waals surface area contributed by atoms with Crippen molar-refractivity contribution in [3.63, 3.8) is 0 Å². The molecule has 2 aromatic carbocycles. The van der Waals surface area contributed by atoms with Gasteiger partial charge in [0.15, 0.2) is 5.78 Å². The maximum absolute atomic E-state index is 13.1. The molecule has 0 saturated carbocycles. The van der Waals surface area contributed by atoms with Crippen LogP contribution in [0.2, 0.25) is 0 Å². The molecular formula is C18H21ClN2O3S. The molecule has 7 heteroatoms. The molecule has 0 spiro atoms. The highest BCUT2D eigenvalue weighted by molar-refractivity contribution is 7.89. The van der Waals surface area contributed by atoms with Gasteiger partial charge in [-0.25, -0.2) is 8.42 Å². The molecule has 1 fully saturated rings. The molecule has 1 unspecified atom stereocenters. The summed E-state index contributed by atoms with van der Waals surface area (Å²) in [6, 6.07) is 15.0. The van der Waals surface area contributed by atoms with E-state index in [1.54, 1.807) is 42.5 Å². The molecule has 3 rings (SSSR count). The predicted molar refractivity (Wildman–Crippen MR) is 99.8 cm³/mol. The number of carbonyl (C=O) groups is 1. The summed E-state index contributed by atoms with van der Waals surface area (Å²) >= 11 is 0. The van der Waals surface area contributed by atoms with Crippen molar-refractivity contribution in [2.24, 2.45) is 0 Å². The van der Waals surface area contributed by atoms with Crippen molar-refractivity contribution in [1.82, 2.24) is 9.62 Å². The molecule has 1 atom stereocenters. The van der Waals surface area contributed by atoms with Gasteiger partial charge in [-0.15, -0.1) is 12.4 Å². The summed E-state index contributed by atoms with van der Waals surface area (Å²) < 4.78 is 27.7. The lowest BCUT2D eigenvalue weighted by Gasteiger charge is -2.33.